The number of rotatable bonds is 18. The first-order valence-electron chi connectivity index (χ1n) is 11.5. The Bertz CT molecular complexity index is 487. The van der Waals surface area contributed by atoms with E-state index in [0.29, 0.717) is 18.5 Å². The van der Waals surface area contributed by atoms with E-state index in [4.69, 9.17) is 5.73 Å². The summed E-state index contributed by atoms with van der Waals surface area (Å²) < 4.78 is 0. The summed E-state index contributed by atoms with van der Waals surface area (Å²) in [4.78, 5) is 16.5. The standard InChI is InChI=1S/C24H42N2O/c1-2-3-4-5-6-7-8-9-10-11-12-13-14-15-16-19-24(27)22-18-17-20-26-23(22)21-25/h17-18,20H,2-16,19,21,25H2,1H3. The normalized spacial score (nSPS) is 11.0. The molecule has 3 heteroatoms. The fourth-order valence-electron chi connectivity index (χ4n) is 3.65. The van der Waals surface area contributed by atoms with Crippen molar-refractivity contribution in [2.45, 2.75) is 116 Å². The lowest BCUT2D eigenvalue weighted by Crippen LogP contribution is -2.09. The van der Waals surface area contributed by atoms with Gasteiger partial charge in [0.05, 0.1) is 5.69 Å². The predicted molar refractivity (Wildman–Crippen MR) is 116 cm³/mol. The molecule has 0 fully saturated rings. The van der Waals surface area contributed by atoms with E-state index in [-0.39, 0.29) is 5.78 Å². The SMILES string of the molecule is CCCCCCCCCCCCCCCCCC(=O)c1cccnc1CN. The molecule has 0 saturated heterocycles. The van der Waals surface area contributed by atoms with Gasteiger partial charge in [-0.05, 0) is 18.6 Å². The zero-order valence-corrected chi connectivity index (χ0v) is 17.7. The Kier molecular flexibility index (Phi) is 14.9. The maximum Gasteiger partial charge on any atom is 0.164 e. The van der Waals surface area contributed by atoms with Gasteiger partial charge in [0, 0.05) is 24.7 Å². The first kappa shape index (κ1) is 23.8. The third kappa shape index (κ3) is 12.0. The minimum atomic E-state index is 0.193. The number of hydrogen-bond acceptors (Lipinski definition) is 3. The number of nitrogens with two attached hydrogens (primary N) is 1. The van der Waals surface area contributed by atoms with Crippen LogP contribution in [0.15, 0.2) is 18.3 Å². The molecular formula is C24H42N2O. The summed E-state index contributed by atoms with van der Waals surface area (Å²) in [7, 11) is 0. The van der Waals surface area contributed by atoms with E-state index >= 15 is 0 Å². The highest BCUT2D eigenvalue weighted by Gasteiger charge is 2.10. The molecular weight excluding hydrogens is 332 g/mol. The van der Waals surface area contributed by atoms with Crippen molar-refractivity contribution in [3.63, 3.8) is 0 Å². The summed E-state index contributed by atoms with van der Waals surface area (Å²) in [5.74, 6) is 0.193. The molecule has 0 aliphatic carbocycles. The zero-order chi connectivity index (χ0) is 19.6. The number of carbonyl (C=O) groups excluding carboxylic acids is 1. The number of carbonyl (C=O) groups is 1. The van der Waals surface area contributed by atoms with Gasteiger partial charge in [-0.1, -0.05) is 96.8 Å². The topological polar surface area (TPSA) is 56.0 Å². The van der Waals surface area contributed by atoms with E-state index in [1.807, 2.05) is 12.1 Å². The van der Waals surface area contributed by atoms with Crippen LogP contribution in [0.2, 0.25) is 0 Å². The highest BCUT2D eigenvalue weighted by atomic mass is 16.1. The number of ketones is 1. The van der Waals surface area contributed by atoms with Crippen LogP contribution >= 0.6 is 0 Å². The van der Waals surface area contributed by atoms with Gasteiger partial charge in [-0.15, -0.1) is 0 Å². The summed E-state index contributed by atoms with van der Waals surface area (Å²) in [5, 5.41) is 0. The average molecular weight is 375 g/mol. The molecule has 0 aromatic carbocycles. The monoisotopic (exact) mass is 374 g/mol. The Labute approximate surface area is 167 Å². The third-order valence-corrected chi connectivity index (χ3v) is 5.39. The molecule has 0 amide bonds. The number of aromatic nitrogens is 1. The Hall–Kier alpha value is -1.22. The van der Waals surface area contributed by atoms with E-state index in [0.717, 1.165) is 18.5 Å². The minimum absolute atomic E-state index is 0.193. The molecule has 1 aromatic heterocycles. The molecule has 1 aromatic rings. The molecule has 0 saturated carbocycles. The predicted octanol–water partition coefficient (Wildman–Crippen LogP) is 6.98. The van der Waals surface area contributed by atoms with Gasteiger partial charge in [-0.2, -0.15) is 0 Å². The molecule has 1 rings (SSSR count). The molecule has 3 nitrogen and oxygen atoms in total. The van der Waals surface area contributed by atoms with Gasteiger partial charge < -0.3 is 5.73 Å². The largest absolute Gasteiger partial charge is 0.325 e. The average Bonchev–Trinajstić information content (AvgIpc) is 2.70. The van der Waals surface area contributed by atoms with Crippen molar-refractivity contribution in [3.05, 3.63) is 29.6 Å². The molecule has 0 atom stereocenters. The van der Waals surface area contributed by atoms with Crippen LogP contribution in [0.5, 0.6) is 0 Å². The van der Waals surface area contributed by atoms with E-state index in [1.54, 1.807) is 6.20 Å². The lowest BCUT2D eigenvalue weighted by Gasteiger charge is -2.06. The van der Waals surface area contributed by atoms with Crippen LogP contribution in [0.3, 0.4) is 0 Å². The fourth-order valence-corrected chi connectivity index (χ4v) is 3.65. The van der Waals surface area contributed by atoms with Gasteiger partial charge in [-0.3, -0.25) is 9.78 Å². The van der Waals surface area contributed by atoms with Crippen molar-refractivity contribution in [1.82, 2.24) is 4.98 Å². The van der Waals surface area contributed by atoms with Crippen molar-refractivity contribution in [3.8, 4) is 0 Å². The smallest absolute Gasteiger partial charge is 0.164 e. The first-order chi connectivity index (χ1) is 13.3. The molecule has 1 heterocycles. The number of Topliss-reactive ketones (excluding diaryl/α,β-unsaturated/α-hetero) is 1. The molecule has 154 valence electrons. The molecule has 0 spiro atoms. The molecule has 0 bridgehead atoms. The molecule has 2 N–H and O–H groups in total. The van der Waals surface area contributed by atoms with Gasteiger partial charge in [0.1, 0.15) is 0 Å². The maximum absolute atomic E-state index is 12.3. The lowest BCUT2D eigenvalue weighted by atomic mass is 10.0. The summed E-state index contributed by atoms with van der Waals surface area (Å²) >= 11 is 0. The van der Waals surface area contributed by atoms with Crippen LogP contribution in [-0.2, 0) is 6.54 Å². The van der Waals surface area contributed by atoms with Gasteiger partial charge in [0.2, 0.25) is 0 Å². The number of unbranched alkanes of at least 4 members (excludes halogenated alkanes) is 14. The van der Waals surface area contributed by atoms with Gasteiger partial charge in [-0.25, -0.2) is 0 Å². The van der Waals surface area contributed by atoms with Crippen LogP contribution in [0.4, 0.5) is 0 Å². The van der Waals surface area contributed by atoms with Crippen molar-refractivity contribution in [1.29, 1.82) is 0 Å². The minimum Gasteiger partial charge on any atom is -0.325 e. The number of pyridine rings is 1. The van der Waals surface area contributed by atoms with E-state index in [9.17, 15) is 4.79 Å². The molecule has 0 unspecified atom stereocenters. The number of nitrogens with zero attached hydrogens (tertiary/aromatic N) is 1. The third-order valence-electron chi connectivity index (χ3n) is 5.39. The molecule has 27 heavy (non-hydrogen) atoms. The zero-order valence-electron chi connectivity index (χ0n) is 17.7. The van der Waals surface area contributed by atoms with Crippen LogP contribution in [0.1, 0.15) is 126 Å². The quantitative estimate of drug-likeness (QED) is 0.223. The highest BCUT2D eigenvalue weighted by Crippen LogP contribution is 2.15. The summed E-state index contributed by atoms with van der Waals surface area (Å²) in [5.41, 5.74) is 7.10. The van der Waals surface area contributed by atoms with Gasteiger partial charge >= 0.3 is 0 Å². The van der Waals surface area contributed by atoms with Gasteiger partial charge in [0.15, 0.2) is 5.78 Å². The Morgan fingerprint density at radius 2 is 1.30 bits per heavy atom. The maximum atomic E-state index is 12.3. The van der Waals surface area contributed by atoms with Crippen molar-refractivity contribution in [2.75, 3.05) is 0 Å². The number of hydrogen-bond donors (Lipinski definition) is 1. The first-order valence-corrected chi connectivity index (χ1v) is 11.5. The van der Waals surface area contributed by atoms with Crippen LogP contribution in [-0.4, -0.2) is 10.8 Å². The second kappa shape index (κ2) is 16.9. The van der Waals surface area contributed by atoms with E-state index in [2.05, 4.69) is 11.9 Å². The van der Waals surface area contributed by atoms with Crippen molar-refractivity contribution in [2.24, 2.45) is 5.73 Å². The Morgan fingerprint density at radius 1 is 0.815 bits per heavy atom. The van der Waals surface area contributed by atoms with Crippen molar-refractivity contribution >= 4 is 5.78 Å². The summed E-state index contributed by atoms with van der Waals surface area (Å²) in [6, 6.07) is 3.67. The molecule has 0 aliphatic heterocycles. The Balaban J connectivity index is 1.88. The second-order valence-corrected chi connectivity index (χ2v) is 7.82. The van der Waals surface area contributed by atoms with Crippen LogP contribution in [0.25, 0.3) is 0 Å². The van der Waals surface area contributed by atoms with E-state index < -0.39 is 0 Å². The second-order valence-electron chi connectivity index (χ2n) is 7.82. The van der Waals surface area contributed by atoms with Gasteiger partial charge in [0.25, 0.3) is 0 Å². The van der Waals surface area contributed by atoms with Crippen LogP contribution in [0, 0.1) is 0 Å². The summed E-state index contributed by atoms with van der Waals surface area (Å²) in [6.07, 6.45) is 22.5. The molecule has 0 radical (unpaired) electrons. The Morgan fingerprint density at radius 3 is 1.78 bits per heavy atom. The lowest BCUT2D eigenvalue weighted by molar-refractivity contribution is 0.0977. The highest BCUT2D eigenvalue weighted by molar-refractivity contribution is 5.96. The van der Waals surface area contributed by atoms with Crippen LogP contribution < -0.4 is 5.73 Å². The van der Waals surface area contributed by atoms with Crippen molar-refractivity contribution < 1.29 is 4.79 Å². The van der Waals surface area contributed by atoms with E-state index in [1.165, 1.54) is 83.5 Å². The molecule has 0 aliphatic rings. The summed E-state index contributed by atoms with van der Waals surface area (Å²) in [6.45, 7) is 2.61. The fraction of sp³-hybridized carbons (Fsp3) is 0.750.